The van der Waals surface area contributed by atoms with Gasteiger partial charge in [-0.3, -0.25) is 0 Å². The van der Waals surface area contributed by atoms with Crippen LogP contribution in [0.5, 0.6) is 0 Å². The lowest BCUT2D eigenvalue weighted by molar-refractivity contribution is 0.581. The van der Waals surface area contributed by atoms with Gasteiger partial charge < -0.3 is 15.5 Å². The first-order valence-corrected chi connectivity index (χ1v) is 8.18. The Bertz CT molecular complexity index is 444. The zero-order valence-electron chi connectivity index (χ0n) is 13.5. The smallest absolute Gasteiger partial charge is 0.232 e. The first-order valence-electron chi connectivity index (χ1n) is 8.18. The Morgan fingerprint density at radius 2 is 1.90 bits per heavy atom. The van der Waals surface area contributed by atoms with Gasteiger partial charge in [-0.1, -0.05) is 20.3 Å². The summed E-state index contributed by atoms with van der Waals surface area (Å²) >= 11 is 0. The standard InChI is InChI=1S/C15H28N6/c1-4-6-11-21(12(3)5-2)15-18-13(16)17-14(19-15)20-9-7-8-10-20/h12H,4-11H2,1-3H3,(H2,16,17,18,19). The summed E-state index contributed by atoms with van der Waals surface area (Å²) in [6.45, 7) is 9.60. The van der Waals surface area contributed by atoms with E-state index in [4.69, 9.17) is 5.73 Å². The van der Waals surface area contributed by atoms with E-state index >= 15 is 0 Å². The number of hydrogen-bond acceptors (Lipinski definition) is 6. The molecule has 2 N–H and O–H groups in total. The van der Waals surface area contributed by atoms with Crippen molar-refractivity contribution in [1.29, 1.82) is 0 Å². The zero-order valence-corrected chi connectivity index (χ0v) is 13.5. The molecule has 6 heteroatoms. The van der Waals surface area contributed by atoms with Gasteiger partial charge in [-0.25, -0.2) is 0 Å². The van der Waals surface area contributed by atoms with Crippen LogP contribution < -0.4 is 15.5 Å². The molecular formula is C15H28N6. The molecule has 0 saturated carbocycles. The Kier molecular flexibility index (Phi) is 5.59. The van der Waals surface area contributed by atoms with Crippen molar-refractivity contribution in [1.82, 2.24) is 15.0 Å². The lowest BCUT2D eigenvalue weighted by atomic mass is 10.2. The fraction of sp³-hybridized carbons (Fsp3) is 0.800. The molecular weight excluding hydrogens is 264 g/mol. The Labute approximate surface area is 127 Å². The number of unbranched alkanes of at least 4 members (excludes halogenated alkanes) is 1. The second kappa shape index (κ2) is 7.43. The monoisotopic (exact) mass is 292 g/mol. The maximum Gasteiger partial charge on any atom is 0.232 e. The van der Waals surface area contributed by atoms with Gasteiger partial charge in [0.15, 0.2) is 0 Å². The molecule has 1 unspecified atom stereocenters. The number of nitrogens with zero attached hydrogens (tertiary/aromatic N) is 5. The number of anilines is 3. The largest absolute Gasteiger partial charge is 0.368 e. The SMILES string of the molecule is CCCCN(c1nc(N)nc(N2CCCC2)n1)C(C)CC. The molecule has 1 atom stereocenters. The van der Waals surface area contributed by atoms with Gasteiger partial charge in [0.25, 0.3) is 0 Å². The van der Waals surface area contributed by atoms with E-state index in [-0.39, 0.29) is 0 Å². The topological polar surface area (TPSA) is 71.2 Å². The van der Waals surface area contributed by atoms with E-state index < -0.39 is 0 Å². The Balaban J connectivity index is 2.25. The average Bonchev–Trinajstić information content (AvgIpc) is 3.01. The molecule has 0 aliphatic carbocycles. The highest BCUT2D eigenvalue weighted by Crippen LogP contribution is 2.21. The highest BCUT2D eigenvalue weighted by molar-refractivity contribution is 5.44. The lowest BCUT2D eigenvalue weighted by Crippen LogP contribution is -2.36. The Morgan fingerprint density at radius 3 is 2.52 bits per heavy atom. The van der Waals surface area contributed by atoms with Crippen LogP contribution in [0.4, 0.5) is 17.8 Å². The molecule has 6 nitrogen and oxygen atoms in total. The number of aromatic nitrogens is 3. The van der Waals surface area contributed by atoms with Crippen LogP contribution in [0.25, 0.3) is 0 Å². The minimum atomic E-state index is 0.326. The number of rotatable bonds is 7. The summed E-state index contributed by atoms with van der Waals surface area (Å²) in [6, 6.07) is 0.407. The summed E-state index contributed by atoms with van der Waals surface area (Å²) in [7, 11) is 0. The van der Waals surface area contributed by atoms with Crippen molar-refractivity contribution in [2.75, 3.05) is 35.2 Å². The van der Waals surface area contributed by atoms with Crippen LogP contribution in [0.15, 0.2) is 0 Å². The summed E-state index contributed by atoms with van der Waals surface area (Å²) in [5.41, 5.74) is 5.92. The fourth-order valence-corrected chi connectivity index (χ4v) is 2.62. The minimum absolute atomic E-state index is 0.326. The van der Waals surface area contributed by atoms with Crippen molar-refractivity contribution in [3.63, 3.8) is 0 Å². The van der Waals surface area contributed by atoms with Crippen LogP contribution in [0.2, 0.25) is 0 Å². The third-order valence-electron chi connectivity index (χ3n) is 4.15. The van der Waals surface area contributed by atoms with Gasteiger partial charge in [0.2, 0.25) is 17.8 Å². The normalized spacial score (nSPS) is 16.2. The van der Waals surface area contributed by atoms with Crippen molar-refractivity contribution in [3.8, 4) is 0 Å². The van der Waals surface area contributed by atoms with Crippen molar-refractivity contribution in [2.24, 2.45) is 0 Å². The first kappa shape index (κ1) is 15.8. The van der Waals surface area contributed by atoms with Crippen LogP contribution >= 0.6 is 0 Å². The van der Waals surface area contributed by atoms with Crippen molar-refractivity contribution in [2.45, 2.75) is 58.9 Å². The Morgan fingerprint density at radius 1 is 1.19 bits per heavy atom. The second-order valence-electron chi connectivity index (χ2n) is 5.79. The van der Waals surface area contributed by atoms with Gasteiger partial charge in [0.05, 0.1) is 0 Å². The van der Waals surface area contributed by atoms with Crippen molar-refractivity contribution < 1.29 is 0 Å². The van der Waals surface area contributed by atoms with Gasteiger partial charge in [-0.05, 0) is 32.6 Å². The van der Waals surface area contributed by atoms with Gasteiger partial charge in [0, 0.05) is 25.7 Å². The van der Waals surface area contributed by atoms with E-state index in [1.54, 1.807) is 0 Å². The summed E-state index contributed by atoms with van der Waals surface area (Å²) in [5.74, 6) is 1.79. The van der Waals surface area contributed by atoms with Crippen molar-refractivity contribution in [3.05, 3.63) is 0 Å². The molecule has 1 fully saturated rings. The molecule has 1 aliphatic heterocycles. The zero-order chi connectivity index (χ0) is 15.2. The van der Waals surface area contributed by atoms with Crippen LogP contribution in [0.3, 0.4) is 0 Å². The molecule has 0 bridgehead atoms. The third-order valence-corrected chi connectivity index (χ3v) is 4.15. The van der Waals surface area contributed by atoms with Crippen LogP contribution in [-0.2, 0) is 0 Å². The highest BCUT2D eigenvalue weighted by Gasteiger charge is 2.21. The van der Waals surface area contributed by atoms with Crippen LogP contribution in [-0.4, -0.2) is 40.6 Å². The molecule has 0 aromatic carbocycles. The molecule has 21 heavy (non-hydrogen) atoms. The molecule has 118 valence electrons. The van der Waals surface area contributed by atoms with Crippen LogP contribution in [0, 0.1) is 0 Å². The highest BCUT2D eigenvalue weighted by atomic mass is 15.4. The minimum Gasteiger partial charge on any atom is -0.368 e. The van der Waals surface area contributed by atoms with Gasteiger partial charge in [-0.2, -0.15) is 15.0 Å². The maximum absolute atomic E-state index is 5.92. The summed E-state index contributed by atoms with van der Waals surface area (Å²) in [5, 5.41) is 0. The van der Waals surface area contributed by atoms with Crippen molar-refractivity contribution >= 4 is 17.8 Å². The molecule has 0 spiro atoms. The Hall–Kier alpha value is -1.59. The average molecular weight is 292 g/mol. The molecule has 1 aromatic rings. The van der Waals surface area contributed by atoms with E-state index in [1.165, 1.54) is 12.8 Å². The quantitative estimate of drug-likeness (QED) is 0.832. The first-order chi connectivity index (χ1) is 10.2. The van der Waals surface area contributed by atoms with Crippen LogP contribution in [0.1, 0.15) is 52.9 Å². The van der Waals surface area contributed by atoms with E-state index in [0.717, 1.165) is 50.8 Å². The maximum atomic E-state index is 5.92. The van der Waals surface area contributed by atoms with E-state index in [1.807, 2.05) is 0 Å². The molecule has 1 aromatic heterocycles. The molecule has 0 radical (unpaired) electrons. The summed E-state index contributed by atoms with van der Waals surface area (Å²) in [4.78, 5) is 17.9. The van der Waals surface area contributed by atoms with Gasteiger partial charge in [-0.15, -0.1) is 0 Å². The lowest BCUT2D eigenvalue weighted by Gasteiger charge is -2.29. The molecule has 1 saturated heterocycles. The number of nitrogen functional groups attached to an aromatic ring is 1. The summed E-state index contributed by atoms with van der Waals surface area (Å²) in [6.07, 6.45) is 5.76. The fourth-order valence-electron chi connectivity index (χ4n) is 2.62. The predicted molar refractivity (Wildman–Crippen MR) is 87.7 cm³/mol. The van der Waals surface area contributed by atoms with Gasteiger partial charge in [0.1, 0.15) is 0 Å². The number of hydrogen-bond donors (Lipinski definition) is 1. The third kappa shape index (κ3) is 3.95. The predicted octanol–water partition coefficient (Wildman–Crippen LogP) is 2.46. The van der Waals surface area contributed by atoms with E-state index in [9.17, 15) is 0 Å². The van der Waals surface area contributed by atoms with E-state index in [2.05, 4.69) is 45.5 Å². The summed E-state index contributed by atoms with van der Waals surface area (Å²) < 4.78 is 0. The molecule has 2 heterocycles. The second-order valence-corrected chi connectivity index (χ2v) is 5.79. The molecule has 0 amide bonds. The van der Waals surface area contributed by atoms with Gasteiger partial charge >= 0.3 is 0 Å². The van der Waals surface area contributed by atoms with E-state index in [0.29, 0.717) is 12.0 Å². The molecule has 2 rings (SSSR count). The number of nitrogens with two attached hydrogens (primary N) is 1. The molecule has 1 aliphatic rings.